The normalized spacial score (nSPS) is 10.9. The first-order chi connectivity index (χ1) is 9.63. The van der Waals surface area contributed by atoms with Gasteiger partial charge < -0.3 is 5.73 Å². The van der Waals surface area contributed by atoms with Crippen molar-refractivity contribution in [2.24, 2.45) is 0 Å². The lowest BCUT2D eigenvalue weighted by atomic mass is 10.0. The Bertz CT molecular complexity index is 761. The highest BCUT2D eigenvalue weighted by Gasteiger charge is 2.09. The molecule has 0 saturated heterocycles. The molecule has 0 radical (unpaired) electrons. The largest absolute Gasteiger partial charge is 0.399 e. The Morgan fingerprint density at radius 3 is 2.45 bits per heavy atom. The molecule has 20 heavy (non-hydrogen) atoms. The van der Waals surface area contributed by atoms with Crippen molar-refractivity contribution in [2.75, 3.05) is 5.73 Å². The first-order valence-electron chi connectivity index (χ1n) is 6.20. The Kier molecular flexibility index (Phi) is 3.51. The Hall–Kier alpha value is -1.77. The fraction of sp³-hybridized carbons (Fsp3) is 0.0625. The lowest BCUT2D eigenvalue weighted by Crippen LogP contribution is -1.95. The van der Waals surface area contributed by atoms with Gasteiger partial charge in [-0.05, 0) is 35.4 Å². The van der Waals surface area contributed by atoms with Crippen LogP contribution in [0.1, 0.15) is 11.1 Å². The van der Waals surface area contributed by atoms with Gasteiger partial charge in [0, 0.05) is 33.7 Å². The number of anilines is 1. The van der Waals surface area contributed by atoms with Gasteiger partial charge in [0.25, 0.3) is 0 Å². The minimum Gasteiger partial charge on any atom is -0.399 e. The third-order valence-electron chi connectivity index (χ3n) is 3.19. The SMILES string of the molecule is Nc1cc(Cl)c(Cc2cnc3ccccc3c2)c(Cl)c1. The second-order valence-electron chi connectivity index (χ2n) is 4.68. The van der Waals surface area contributed by atoms with E-state index < -0.39 is 0 Å². The zero-order valence-electron chi connectivity index (χ0n) is 10.6. The number of pyridine rings is 1. The monoisotopic (exact) mass is 302 g/mol. The Morgan fingerprint density at radius 1 is 1.00 bits per heavy atom. The van der Waals surface area contributed by atoms with Crippen LogP contribution in [0.4, 0.5) is 5.69 Å². The molecule has 4 heteroatoms. The molecule has 0 amide bonds. The predicted molar refractivity (Wildman–Crippen MR) is 85.4 cm³/mol. The quantitative estimate of drug-likeness (QED) is 0.696. The van der Waals surface area contributed by atoms with Crippen molar-refractivity contribution in [1.82, 2.24) is 4.98 Å². The maximum absolute atomic E-state index is 6.22. The van der Waals surface area contributed by atoms with Crippen LogP contribution < -0.4 is 5.73 Å². The molecule has 0 aliphatic rings. The molecule has 100 valence electrons. The second kappa shape index (κ2) is 5.31. The van der Waals surface area contributed by atoms with E-state index in [0.29, 0.717) is 22.2 Å². The average molecular weight is 303 g/mol. The molecule has 0 atom stereocenters. The number of nitrogen functional groups attached to an aromatic ring is 1. The van der Waals surface area contributed by atoms with Gasteiger partial charge in [-0.2, -0.15) is 0 Å². The van der Waals surface area contributed by atoms with E-state index in [9.17, 15) is 0 Å². The van der Waals surface area contributed by atoms with Gasteiger partial charge in [-0.3, -0.25) is 4.98 Å². The van der Waals surface area contributed by atoms with Crippen molar-refractivity contribution in [1.29, 1.82) is 0 Å². The van der Waals surface area contributed by atoms with Gasteiger partial charge in [0.2, 0.25) is 0 Å². The smallest absolute Gasteiger partial charge is 0.0702 e. The second-order valence-corrected chi connectivity index (χ2v) is 5.49. The van der Waals surface area contributed by atoms with Crippen LogP contribution in [-0.2, 0) is 6.42 Å². The van der Waals surface area contributed by atoms with Gasteiger partial charge >= 0.3 is 0 Å². The van der Waals surface area contributed by atoms with E-state index in [2.05, 4.69) is 11.1 Å². The molecule has 2 N–H and O–H groups in total. The molecular weight excluding hydrogens is 291 g/mol. The molecule has 0 aliphatic carbocycles. The first kappa shape index (κ1) is 13.2. The summed E-state index contributed by atoms with van der Waals surface area (Å²) in [6.45, 7) is 0. The molecule has 0 saturated carbocycles. The van der Waals surface area contributed by atoms with Crippen molar-refractivity contribution in [3.63, 3.8) is 0 Å². The zero-order chi connectivity index (χ0) is 14.1. The molecule has 0 spiro atoms. The van der Waals surface area contributed by atoms with Gasteiger partial charge in [0.15, 0.2) is 0 Å². The first-order valence-corrected chi connectivity index (χ1v) is 6.96. The van der Waals surface area contributed by atoms with E-state index in [1.165, 1.54) is 0 Å². The summed E-state index contributed by atoms with van der Waals surface area (Å²) in [6, 6.07) is 13.5. The molecule has 0 bridgehead atoms. The van der Waals surface area contributed by atoms with E-state index in [4.69, 9.17) is 28.9 Å². The minimum atomic E-state index is 0.570. The van der Waals surface area contributed by atoms with Crippen LogP contribution in [0.25, 0.3) is 10.9 Å². The number of halogens is 2. The van der Waals surface area contributed by atoms with Crippen molar-refractivity contribution >= 4 is 39.8 Å². The predicted octanol–water partition coefficient (Wildman–Crippen LogP) is 4.71. The number of hydrogen-bond acceptors (Lipinski definition) is 2. The summed E-state index contributed by atoms with van der Waals surface area (Å²) in [7, 11) is 0. The highest BCUT2D eigenvalue weighted by Crippen LogP contribution is 2.30. The number of hydrogen-bond donors (Lipinski definition) is 1. The fourth-order valence-corrected chi connectivity index (χ4v) is 2.85. The molecule has 0 fully saturated rings. The number of aromatic nitrogens is 1. The number of fused-ring (bicyclic) bond motifs is 1. The number of nitrogens with zero attached hydrogens (tertiary/aromatic N) is 1. The van der Waals surface area contributed by atoms with E-state index in [1.807, 2.05) is 30.5 Å². The third-order valence-corrected chi connectivity index (χ3v) is 3.87. The summed E-state index contributed by atoms with van der Waals surface area (Å²) in [5.41, 5.74) is 9.20. The molecule has 2 aromatic carbocycles. The molecule has 1 aromatic heterocycles. The van der Waals surface area contributed by atoms with Crippen molar-refractivity contribution in [3.05, 3.63) is 69.8 Å². The van der Waals surface area contributed by atoms with Gasteiger partial charge in [-0.25, -0.2) is 0 Å². The van der Waals surface area contributed by atoms with Crippen LogP contribution in [-0.4, -0.2) is 4.98 Å². The summed E-state index contributed by atoms with van der Waals surface area (Å²) < 4.78 is 0. The van der Waals surface area contributed by atoms with Crippen molar-refractivity contribution in [2.45, 2.75) is 6.42 Å². The van der Waals surface area contributed by atoms with Crippen LogP contribution in [0.2, 0.25) is 10.0 Å². The molecule has 0 aliphatic heterocycles. The maximum Gasteiger partial charge on any atom is 0.0702 e. The molecule has 3 rings (SSSR count). The molecular formula is C16H12Cl2N2. The fourth-order valence-electron chi connectivity index (χ4n) is 2.21. The summed E-state index contributed by atoms with van der Waals surface area (Å²) in [6.07, 6.45) is 2.49. The van der Waals surface area contributed by atoms with Gasteiger partial charge in [-0.1, -0.05) is 41.4 Å². The van der Waals surface area contributed by atoms with E-state index in [-0.39, 0.29) is 0 Å². The lowest BCUT2D eigenvalue weighted by Gasteiger charge is -2.09. The zero-order valence-corrected chi connectivity index (χ0v) is 12.1. The number of benzene rings is 2. The maximum atomic E-state index is 6.22. The standard InChI is InChI=1S/C16H12Cl2N2/c17-14-7-12(19)8-15(18)13(14)6-10-5-11-3-1-2-4-16(11)20-9-10/h1-5,7-9H,6,19H2. The van der Waals surface area contributed by atoms with Gasteiger partial charge in [0.05, 0.1) is 5.52 Å². The minimum absolute atomic E-state index is 0.570. The summed E-state index contributed by atoms with van der Waals surface area (Å²) in [5, 5.41) is 2.28. The van der Waals surface area contributed by atoms with Crippen LogP contribution >= 0.6 is 23.2 Å². The van der Waals surface area contributed by atoms with E-state index in [1.54, 1.807) is 12.1 Å². The Balaban J connectivity index is 2.01. The van der Waals surface area contributed by atoms with Gasteiger partial charge in [0.1, 0.15) is 0 Å². The summed E-state index contributed by atoms with van der Waals surface area (Å²) in [4.78, 5) is 4.44. The Labute approximate surface area is 127 Å². The van der Waals surface area contributed by atoms with E-state index in [0.717, 1.165) is 22.0 Å². The van der Waals surface area contributed by atoms with Crippen molar-refractivity contribution < 1.29 is 0 Å². The third kappa shape index (κ3) is 2.58. The molecule has 1 heterocycles. The van der Waals surface area contributed by atoms with Crippen LogP contribution in [0.5, 0.6) is 0 Å². The number of rotatable bonds is 2. The molecule has 3 aromatic rings. The molecule has 2 nitrogen and oxygen atoms in total. The summed E-state index contributed by atoms with van der Waals surface area (Å²) >= 11 is 12.4. The van der Waals surface area contributed by atoms with Gasteiger partial charge in [-0.15, -0.1) is 0 Å². The highest BCUT2D eigenvalue weighted by molar-refractivity contribution is 6.36. The van der Waals surface area contributed by atoms with Crippen LogP contribution in [0.3, 0.4) is 0 Å². The average Bonchev–Trinajstić information content (AvgIpc) is 2.42. The molecule has 0 unspecified atom stereocenters. The number of nitrogens with two attached hydrogens (primary N) is 1. The topological polar surface area (TPSA) is 38.9 Å². The van der Waals surface area contributed by atoms with Crippen molar-refractivity contribution in [3.8, 4) is 0 Å². The van der Waals surface area contributed by atoms with Crippen LogP contribution in [0.15, 0.2) is 48.7 Å². The number of para-hydroxylation sites is 1. The lowest BCUT2D eigenvalue weighted by molar-refractivity contribution is 1.17. The summed E-state index contributed by atoms with van der Waals surface area (Å²) in [5.74, 6) is 0. The van der Waals surface area contributed by atoms with Crippen LogP contribution in [0, 0.1) is 0 Å². The van der Waals surface area contributed by atoms with E-state index >= 15 is 0 Å². The Morgan fingerprint density at radius 2 is 1.70 bits per heavy atom. The highest BCUT2D eigenvalue weighted by atomic mass is 35.5.